The lowest BCUT2D eigenvalue weighted by atomic mass is 9.95. The molecule has 144 valence electrons. The van der Waals surface area contributed by atoms with Crippen LogP contribution in [0.1, 0.15) is 54.9 Å². The van der Waals surface area contributed by atoms with Crippen molar-refractivity contribution in [2.24, 2.45) is 0 Å². The number of rotatable bonds is 7. The standard InChI is InChI=1S/C22H31N5/c1-25(2)17-21-23-24-22(27(21)20-10-11-20)19-12-15-26(16-13-19)14-6-9-18-7-4-3-5-8-18/h3-9,19-20H,10-17H2,1-2H3/b9-6+. The van der Waals surface area contributed by atoms with Crippen molar-refractivity contribution in [3.63, 3.8) is 0 Å². The van der Waals surface area contributed by atoms with Crippen LogP contribution in [0.15, 0.2) is 36.4 Å². The van der Waals surface area contributed by atoms with Gasteiger partial charge in [0.1, 0.15) is 11.6 Å². The molecule has 2 fully saturated rings. The lowest BCUT2D eigenvalue weighted by molar-refractivity contribution is 0.226. The van der Waals surface area contributed by atoms with Crippen LogP contribution in [0.3, 0.4) is 0 Å². The molecule has 1 aliphatic heterocycles. The topological polar surface area (TPSA) is 37.2 Å². The first-order chi connectivity index (χ1) is 13.2. The predicted octanol–water partition coefficient (Wildman–Crippen LogP) is 3.57. The molecule has 2 heterocycles. The van der Waals surface area contributed by atoms with Crippen molar-refractivity contribution in [1.29, 1.82) is 0 Å². The smallest absolute Gasteiger partial charge is 0.147 e. The van der Waals surface area contributed by atoms with Crippen molar-refractivity contribution in [3.05, 3.63) is 53.6 Å². The highest BCUT2D eigenvalue weighted by Gasteiger charge is 2.33. The van der Waals surface area contributed by atoms with Gasteiger partial charge >= 0.3 is 0 Å². The van der Waals surface area contributed by atoms with Gasteiger partial charge in [-0.05, 0) is 58.4 Å². The number of benzene rings is 1. The number of likely N-dealkylation sites (tertiary alicyclic amines) is 1. The van der Waals surface area contributed by atoms with Crippen LogP contribution >= 0.6 is 0 Å². The third kappa shape index (κ3) is 4.66. The quantitative estimate of drug-likeness (QED) is 0.752. The molecule has 2 aliphatic rings. The van der Waals surface area contributed by atoms with Gasteiger partial charge in [0.15, 0.2) is 0 Å². The van der Waals surface area contributed by atoms with Crippen LogP contribution in [0.2, 0.25) is 0 Å². The molecule has 0 unspecified atom stereocenters. The summed E-state index contributed by atoms with van der Waals surface area (Å²) in [4.78, 5) is 4.74. The molecule has 0 radical (unpaired) electrons. The molecule has 1 aliphatic carbocycles. The van der Waals surface area contributed by atoms with Gasteiger partial charge in [0.25, 0.3) is 0 Å². The van der Waals surface area contributed by atoms with Crippen LogP contribution in [0.25, 0.3) is 6.08 Å². The molecule has 1 aromatic carbocycles. The Kier molecular flexibility index (Phi) is 5.69. The monoisotopic (exact) mass is 365 g/mol. The van der Waals surface area contributed by atoms with Crippen molar-refractivity contribution in [2.75, 3.05) is 33.7 Å². The van der Waals surface area contributed by atoms with E-state index in [9.17, 15) is 0 Å². The maximum absolute atomic E-state index is 4.63. The normalized spacial score (nSPS) is 19.4. The molecule has 5 heteroatoms. The minimum atomic E-state index is 0.559. The zero-order valence-corrected chi connectivity index (χ0v) is 16.6. The van der Waals surface area contributed by atoms with Crippen molar-refractivity contribution in [2.45, 2.75) is 44.2 Å². The van der Waals surface area contributed by atoms with Gasteiger partial charge in [-0.1, -0.05) is 42.5 Å². The fraction of sp³-hybridized carbons (Fsp3) is 0.545. The number of hydrogen-bond donors (Lipinski definition) is 0. The second-order valence-electron chi connectivity index (χ2n) is 8.20. The van der Waals surface area contributed by atoms with E-state index >= 15 is 0 Å². The van der Waals surface area contributed by atoms with Gasteiger partial charge in [-0.2, -0.15) is 0 Å². The third-order valence-electron chi connectivity index (χ3n) is 5.59. The maximum atomic E-state index is 4.63. The minimum Gasteiger partial charge on any atom is -0.311 e. The summed E-state index contributed by atoms with van der Waals surface area (Å²) >= 11 is 0. The first kappa shape index (κ1) is 18.4. The molecule has 27 heavy (non-hydrogen) atoms. The van der Waals surface area contributed by atoms with Crippen molar-refractivity contribution in [3.8, 4) is 0 Å². The molecule has 0 bridgehead atoms. The van der Waals surface area contributed by atoms with Crippen LogP contribution in [-0.4, -0.2) is 58.3 Å². The van der Waals surface area contributed by atoms with Crippen molar-refractivity contribution >= 4 is 6.08 Å². The van der Waals surface area contributed by atoms with Gasteiger partial charge in [0.05, 0.1) is 6.54 Å². The summed E-state index contributed by atoms with van der Waals surface area (Å²) in [6.45, 7) is 4.20. The van der Waals surface area contributed by atoms with E-state index in [2.05, 4.69) is 81.1 Å². The van der Waals surface area contributed by atoms with Crippen molar-refractivity contribution < 1.29 is 0 Å². The summed E-state index contributed by atoms with van der Waals surface area (Å²) in [5, 5.41) is 9.18. The molecule has 1 saturated heterocycles. The van der Waals surface area contributed by atoms with Gasteiger partial charge in [0, 0.05) is 18.5 Å². The summed E-state index contributed by atoms with van der Waals surface area (Å²) in [7, 11) is 4.21. The first-order valence-corrected chi connectivity index (χ1v) is 10.2. The Balaban J connectivity index is 1.34. The zero-order chi connectivity index (χ0) is 18.6. The summed E-state index contributed by atoms with van der Waals surface area (Å²) in [5.41, 5.74) is 1.28. The summed E-state index contributed by atoms with van der Waals surface area (Å²) in [6.07, 6.45) is 9.46. The van der Waals surface area contributed by atoms with Crippen LogP contribution in [0.5, 0.6) is 0 Å². The Morgan fingerprint density at radius 1 is 1.04 bits per heavy atom. The average molecular weight is 366 g/mol. The van der Waals surface area contributed by atoms with Crippen LogP contribution < -0.4 is 0 Å². The van der Waals surface area contributed by atoms with Gasteiger partial charge in [-0.15, -0.1) is 10.2 Å². The molecule has 0 spiro atoms. The van der Waals surface area contributed by atoms with Gasteiger partial charge in [-0.3, -0.25) is 4.90 Å². The molecule has 4 rings (SSSR count). The molecule has 1 saturated carbocycles. The van der Waals surface area contributed by atoms with E-state index in [1.165, 1.54) is 37.1 Å². The molecular formula is C22H31N5. The van der Waals surface area contributed by atoms with E-state index in [-0.39, 0.29) is 0 Å². The number of nitrogens with zero attached hydrogens (tertiary/aromatic N) is 5. The van der Waals surface area contributed by atoms with E-state index in [1.54, 1.807) is 0 Å². The number of piperidine rings is 1. The molecule has 0 N–H and O–H groups in total. The Hall–Kier alpha value is -1.98. The highest BCUT2D eigenvalue weighted by Crippen LogP contribution is 2.39. The van der Waals surface area contributed by atoms with Gasteiger partial charge in [0.2, 0.25) is 0 Å². The van der Waals surface area contributed by atoms with Gasteiger partial charge in [-0.25, -0.2) is 0 Å². The highest BCUT2D eigenvalue weighted by molar-refractivity contribution is 5.48. The van der Waals surface area contributed by atoms with E-state index in [4.69, 9.17) is 0 Å². The molecule has 5 nitrogen and oxygen atoms in total. The lowest BCUT2D eigenvalue weighted by Gasteiger charge is -2.31. The fourth-order valence-corrected chi connectivity index (χ4v) is 4.01. The number of aromatic nitrogens is 3. The Morgan fingerprint density at radius 3 is 2.44 bits per heavy atom. The molecule has 0 amide bonds. The van der Waals surface area contributed by atoms with Crippen molar-refractivity contribution in [1.82, 2.24) is 24.6 Å². The summed E-state index contributed by atoms with van der Waals surface area (Å²) in [6, 6.07) is 11.2. The van der Waals surface area contributed by atoms with Crippen LogP contribution in [0.4, 0.5) is 0 Å². The largest absolute Gasteiger partial charge is 0.311 e. The molecule has 1 aromatic heterocycles. The third-order valence-corrected chi connectivity index (χ3v) is 5.59. The van der Waals surface area contributed by atoms with E-state index < -0.39 is 0 Å². The first-order valence-electron chi connectivity index (χ1n) is 10.2. The number of hydrogen-bond acceptors (Lipinski definition) is 4. The average Bonchev–Trinajstić information content (AvgIpc) is 3.43. The summed E-state index contributed by atoms with van der Waals surface area (Å²) < 4.78 is 2.47. The van der Waals surface area contributed by atoms with E-state index in [0.29, 0.717) is 12.0 Å². The Morgan fingerprint density at radius 2 is 1.78 bits per heavy atom. The predicted molar refractivity (Wildman–Crippen MR) is 110 cm³/mol. The second-order valence-corrected chi connectivity index (χ2v) is 8.20. The van der Waals surface area contributed by atoms with E-state index in [1.807, 2.05) is 0 Å². The van der Waals surface area contributed by atoms with Crippen LogP contribution in [0, 0.1) is 0 Å². The van der Waals surface area contributed by atoms with Gasteiger partial charge < -0.3 is 9.47 Å². The second kappa shape index (κ2) is 8.36. The summed E-state index contributed by atoms with van der Waals surface area (Å²) in [5.74, 6) is 2.95. The van der Waals surface area contributed by atoms with E-state index in [0.717, 1.165) is 32.0 Å². The molecule has 0 atom stereocenters. The highest BCUT2D eigenvalue weighted by atomic mass is 15.3. The lowest BCUT2D eigenvalue weighted by Crippen LogP contribution is -2.34. The Labute approximate surface area is 162 Å². The van der Waals surface area contributed by atoms with Crippen LogP contribution in [-0.2, 0) is 6.54 Å². The SMILES string of the molecule is CN(C)Cc1nnc(C2CCN(C/C=C/c3ccccc3)CC2)n1C1CC1. The maximum Gasteiger partial charge on any atom is 0.147 e. The minimum absolute atomic E-state index is 0.559. The fourth-order valence-electron chi connectivity index (χ4n) is 4.01. The Bertz CT molecular complexity index is 752. The molecule has 2 aromatic rings. The zero-order valence-electron chi connectivity index (χ0n) is 16.6. The molecular weight excluding hydrogens is 334 g/mol.